The van der Waals surface area contributed by atoms with E-state index in [1.807, 2.05) is 24.3 Å². The quantitative estimate of drug-likeness (QED) is 0.851. The highest BCUT2D eigenvalue weighted by Gasteiger charge is 2.15. The van der Waals surface area contributed by atoms with Crippen LogP contribution in [0.15, 0.2) is 24.3 Å². The Bertz CT molecular complexity index is 414. The first kappa shape index (κ1) is 13.9. The molecule has 1 saturated heterocycles. The molecular weight excluding hydrogens is 242 g/mol. The lowest BCUT2D eigenvalue weighted by Gasteiger charge is -2.10. The molecule has 4 nitrogen and oxygen atoms in total. The zero-order chi connectivity index (χ0) is 13.5. The van der Waals surface area contributed by atoms with E-state index in [1.54, 1.807) is 7.11 Å². The summed E-state index contributed by atoms with van der Waals surface area (Å²) >= 11 is 0. The van der Waals surface area contributed by atoms with Gasteiger partial charge in [0, 0.05) is 25.3 Å². The third-order valence-corrected chi connectivity index (χ3v) is 3.44. The third-order valence-electron chi connectivity index (χ3n) is 3.44. The number of carbonyl (C=O) groups excluding carboxylic acids is 1. The molecule has 1 heterocycles. The Morgan fingerprint density at radius 1 is 1.47 bits per heavy atom. The van der Waals surface area contributed by atoms with Gasteiger partial charge in [0.25, 0.3) is 0 Å². The molecule has 19 heavy (non-hydrogen) atoms. The van der Waals surface area contributed by atoms with Crippen LogP contribution < -0.4 is 10.1 Å². The fourth-order valence-electron chi connectivity index (χ4n) is 2.31. The molecule has 4 heteroatoms. The molecule has 2 rings (SSSR count). The summed E-state index contributed by atoms with van der Waals surface area (Å²) < 4.78 is 10.5. The zero-order valence-electron chi connectivity index (χ0n) is 11.4. The molecular formula is C15H21NO3. The number of nitrogens with one attached hydrogen (secondary N) is 1. The summed E-state index contributed by atoms with van der Waals surface area (Å²) in [6.07, 6.45) is 2.48. The Kier molecular flexibility index (Phi) is 5.21. The molecule has 1 N–H and O–H groups in total. The fraction of sp³-hybridized carbons (Fsp3) is 0.533. The fourth-order valence-corrected chi connectivity index (χ4v) is 2.31. The lowest BCUT2D eigenvalue weighted by molar-refractivity contribution is -0.120. The number of amides is 1. The largest absolute Gasteiger partial charge is 0.496 e. The van der Waals surface area contributed by atoms with Crippen LogP contribution in [0.1, 0.15) is 18.4 Å². The van der Waals surface area contributed by atoms with E-state index in [-0.39, 0.29) is 5.91 Å². The van der Waals surface area contributed by atoms with E-state index in [0.717, 1.165) is 43.9 Å². The van der Waals surface area contributed by atoms with E-state index in [2.05, 4.69) is 5.32 Å². The number of rotatable bonds is 6. The minimum absolute atomic E-state index is 0.0448. The van der Waals surface area contributed by atoms with Crippen LogP contribution in [0, 0.1) is 5.92 Å². The molecule has 1 amide bonds. The maximum absolute atomic E-state index is 11.9. The van der Waals surface area contributed by atoms with Crippen molar-refractivity contribution in [1.29, 1.82) is 0 Å². The molecule has 104 valence electrons. The number of hydrogen-bond donors (Lipinski definition) is 1. The van der Waals surface area contributed by atoms with Gasteiger partial charge in [-0.15, -0.1) is 0 Å². The van der Waals surface area contributed by atoms with Crippen LogP contribution in [0.2, 0.25) is 0 Å². The topological polar surface area (TPSA) is 47.6 Å². The molecule has 1 aliphatic heterocycles. The molecule has 0 unspecified atom stereocenters. The van der Waals surface area contributed by atoms with Gasteiger partial charge in [-0.2, -0.15) is 0 Å². The average Bonchev–Trinajstić information content (AvgIpc) is 2.92. The van der Waals surface area contributed by atoms with E-state index < -0.39 is 0 Å². The maximum Gasteiger partial charge on any atom is 0.224 e. The maximum atomic E-state index is 11.9. The Hall–Kier alpha value is -1.55. The number of carbonyl (C=O) groups is 1. The predicted octanol–water partition coefficient (Wildman–Crippen LogP) is 1.78. The van der Waals surface area contributed by atoms with Crippen LogP contribution >= 0.6 is 0 Å². The van der Waals surface area contributed by atoms with E-state index in [1.165, 1.54) is 0 Å². The molecule has 1 aromatic rings. The van der Waals surface area contributed by atoms with Crippen LogP contribution in [0.4, 0.5) is 0 Å². The molecule has 1 atom stereocenters. The van der Waals surface area contributed by atoms with Gasteiger partial charge in [-0.25, -0.2) is 0 Å². The third kappa shape index (κ3) is 4.24. The van der Waals surface area contributed by atoms with Gasteiger partial charge in [0.2, 0.25) is 5.91 Å². The average molecular weight is 263 g/mol. The van der Waals surface area contributed by atoms with E-state index in [4.69, 9.17) is 9.47 Å². The number of benzene rings is 1. The second-order valence-electron chi connectivity index (χ2n) is 4.86. The summed E-state index contributed by atoms with van der Waals surface area (Å²) in [4.78, 5) is 11.9. The molecule has 0 saturated carbocycles. The van der Waals surface area contributed by atoms with Gasteiger partial charge < -0.3 is 14.8 Å². The highest BCUT2D eigenvalue weighted by atomic mass is 16.5. The van der Waals surface area contributed by atoms with Crippen molar-refractivity contribution in [2.75, 3.05) is 26.9 Å². The van der Waals surface area contributed by atoms with Crippen LogP contribution in [0.5, 0.6) is 5.75 Å². The second kappa shape index (κ2) is 7.14. The van der Waals surface area contributed by atoms with Crippen LogP contribution in [-0.4, -0.2) is 32.8 Å². The first-order chi connectivity index (χ1) is 9.29. The number of ether oxygens (including phenoxy) is 2. The van der Waals surface area contributed by atoms with Gasteiger partial charge in [-0.1, -0.05) is 18.2 Å². The Labute approximate surface area is 114 Å². The van der Waals surface area contributed by atoms with Crippen molar-refractivity contribution in [1.82, 2.24) is 5.32 Å². The van der Waals surface area contributed by atoms with Crippen LogP contribution in [0.25, 0.3) is 0 Å². The van der Waals surface area contributed by atoms with Crippen molar-refractivity contribution in [2.24, 2.45) is 5.92 Å². The standard InChI is InChI=1S/C15H21NO3/c1-18-14-5-3-2-4-13(14)10-15(17)16-8-6-12-7-9-19-11-12/h2-5,12H,6-11H2,1H3,(H,16,17)/t12-/m0/s1. The number of para-hydroxylation sites is 1. The SMILES string of the molecule is COc1ccccc1CC(=O)NCC[C@H]1CCOC1. The molecule has 0 aromatic heterocycles. The normalized spacial score (nSPS) is 18.3. The van der Waals surface area contributed by atoms with Gasteiger partial charge >= 0.3 is 0 Å². The Morgan fingerprint density at radius 2 is 2.32 bits per heavy atom. The lowest BCUT2D eigenvalue weighted by Crippen LogP contribution is -2.27. The zero-order valence-corrected chi connectivity index (χ0v) is 11.4. The Balaban J connectivity index is 1.74. The van der Waals surface area contributed by atoms with Gasteiger partial charge in [-0.05, 0) is 24.8 Å². The molecule has 0 bridgehead atoms. The predicted molar refractivity (Wildman–Crippen MR) is 73.3 cm³/mol. The summed E-state index contributed by atoms with van der Waals surface area (Å²) in [7, 11) is 1.62. The summed E-state index contributed by atoms with van der Waals surface area (Å²) in [6.45, 7) is 2.42. The van der Waals surface area contributed by atoms with Crippen LogP contribution in [-0.2, 0) is 16.0 Å². The first-order valence-electron chi connectivity index (χ1n) is 6.76. The van der Waals surface area contributed by atoms with Crippen molar-refractivity contribution in [2.45, 2.75) is 19.3 Å². The molecule has 0 aliphatic carbocycles. The first-order valence-corrected chi connectivity index (χ1v) is 6.76. The summed E-state index contributed by atoms with van der Waals surface area (Å²) in [6, 6.07) is 7.61. The van der Waals surface area contributed by atoms with Gasteiger partial charge in [0.15, 0.2) is 0 Å². The van der Waals surface area contributed by atoms with Crippen molar-refractivity contribution >= 4 is 5.91 Å². The van der Waals surface area contributed by atoms with Crippen molar-refractivity contribution < 1.29 is 14.3 Å². The van der Waals surface area contributed by atoms with E-state index in [9.17, 15) is 4.79 Å². The Morgan fingerprint density at radius 3 is 3.05 bits per heavy atom. The van der Waals surface area contributed by atoms with Gasteiger partial charge in [-0.3, -0.25) is 4.79 Å². The highest BCUT2D eigenvalue weighted by Crippen LogP contribution is 2.18. The van der Waals surface area contributed by atoms with Crippen molar-refractivity contribution in [3.8, 4) is 5.75 Å². The lowest BCUT2D eigenvalue weighted by atomic mass is 10.1. The van der Waals surface area contributed by atoms with Gasteiger partial charge in [0.05, 0.1) is 13.5 Å². The summed E-state index contributed by atoms with van der Waals surface area (Å²) in [5.74, 6) is 1.41. The second-order valence-corrected chi connectivity index (χ2v) is 4.86. The van der Waals surface area contributed by atoms with E-state index >= 15 is 0 Å². The summed E-state index contributed by atoms with van der Waals surface area (Å²) in [5.41, 5.74) is 0.923. The minimum atomic E-state index is 0.0448. The molecule has 1 aromatic carbocycles. The summed E-state index contributed by atoms with van der Waals surface area (Å²) in [5, 5.41) is 2.96. The van der Waals surface area contributed by atoms with E-state index in [0.29, 0.717) is 12.3 Å². The smallest absolute Gasteiger partial charge is 0.224 e. The van der Waals surface area contributed by atoms with Crippen molar-refractivity contribution in [3.63, 3.8) is 0 Å². The molecule has 1 aliphatic rings. The minimum Gasteiger partial charge on any atom is -0.496 e. The van der Waals surface area contributed by atoms with Crippen molar-refractivity contribution in [3.05, 3.63) is 29.8 Å². The number of methoxy groups -OCH3 is 1. The monoisotopic (exact) mass is 263 g/mol. The molecule has 0 spiro atoms. The molecule has 1 fully saturated rings. The molecule has 0 radical (unpaired) electrons. The van der Waals surface area contributed by atoms with Crippen LogP contribution in [0.3, 0.4) is 0 Å². The highest BCUT2D eigenvalue weighted by molar-refractivity contribution is 5.79. The van der Waals surface area contributed by atoms with Gasteiger partial charge in [0.1, 0.15) is 5.75 Å². The number of hydrogen-bond acceptors (Lipinski definition) is 3.